The average Bonchev–Trinajstić information content (AvgIpc) is 3.09. The minimum Gasteiger partial charge on any atom is -0.354 e. The Balaban J connectivity index is 1.29. The van der Waals surface area contributed by atoms with Gasteiger partial charge >= 0.3 is 0 Å². The summed E-state index contributed by atoms with van der Waals surface area (Å²) >= 11 is 0. The second-order valence-electron chi connectivity index (χ2n) is 7.03. The Labute approximate surface area is 148 Å². The van der Waals surface area contributed by atoms with Gasteiger partial charge in [0.05, 0.1) is 0 Å². The summed E-state index contributed by atoms with van der Waals surface area (Å²) in [5.41, 5.74) is 0. The molecule has 2 aliphatic heterocycles. The Morgan fingerprint density at radius 3 is 2.68 bits per heavy atom. The zero-order valence-electron chi connectivity index (χ0n) is 14.8. The Morgan fingerprint density at radius 1 is 1.08 bits per heavy atom. The van der Waals surface area contributed by atoms with Crippen molar-refractivity contribution in [3.63, 3.8) is 0 Å². The highest BCUT2D eigenvalue weighted by atomic mass is 15.6. The molecule has 0 N–H and O–H groups in total. The molecule has 0 spiro atoms. The molecule has 2 fully saturated rings. The van der Waals surface area contributed by atoms with Crippen molar-refractivity contribution in [1.29, 1.82) is 0 Å². The van der Waals surface area contributed by atoms with Gasteiger partial charge in [-0.15, -0.1) is 0 Å². The van der Waals surface area contributed by atoms with Crippen LogP contribution in [0, 0.1) is 5.92 Å². The van der Waals surface area contributed by atoms with E-state index in [0.29, 0.717) is 5.92 Å². The van der Waals surface area contributed by atoms with Gasteiger partial charge in [0, 0.05) is 59.1 Å². The molecule has 1 atom stereocenters. The van der Waals surface area contributed by atoms with Crippen molar-refractivity contribution in [3.05, 3.63) is 24.4 Å². The van der Waals surface area contributed by atoms with E-state index < -0.39 is 0 Å². The van der Waals surface area contributed by atoms with Crippen LogP contribution in [0.5, 0.6) is 0 Å². The molecule has 4 rings (SSSR count). The van der Waals surface area contributed by atoms with Gasteiger partial charge in [0.15, 0.2) is 0 Å². The first kappa shape index (κ1) is 16.3. The van der Waals surface area contributed by atoms with E-state index >= 15 is 0 Å². The lowest BCUT2D eigenvalue weighted by atomic mass is 9.97. The molecule has 2 saturated heterocycles. The standard InChI is InChI=1S/C17H26N8/c1-22-17(19-20-21-22)25-8-4-5-15(14-25)13-23-9-11-24(12-10-23)16-6-2-3-7-18-16/h2-3,6-7,15H,4-5,8-14H2,1H3. The summed E-state index contributed by atoms with van der Waals surface area (Å²) in [6, 6.07) is 6.14. The second kappa shape index (κ2) is 7.35. The molecule has 2 aliphatic rings. The van der Waals surface area contributed by atoms with Crippen LogP contribution >= 0.6 is 0 Å². The van der Waals surface area contributed by atoms with E-state index in [1.54, 1.807) is 4.68 Å². The molecule has 0 saturated carbocycles. The van der Waals surface area contributed by atoms with Crippen LogP contribution in [0.1, 0.15) is 12.8 Å². The number of aryl methyl sites for hydroxylation is 1. The number of pyridine rings is 1. The number of piperidine rings is 1. The fourth-order valence-corrected chi connectivity index (χ4v) is 3.95. The van der Waals surface area contributed by atoms with Gasteiger partial charge in [-0.05, 0) is 41.3 Å². The summed E-state index contributed by atoms with van der Waals surface area (Å²) in [5, 5.41) is 11.9. The molecule has 4 heterocycles. The molecule has 0 aromatic carbocycles. The molecule has 0 amide bonds. The average molecular weight is 342 g/mol. The van der Waals surface area contributed by atoms with Gasteiger partial charge in [-0.1, -0.05) is 11.2 Å². The molecule has 2 aromatic heterocycles. The van der Waals surface area contributed by atoms with Crippen molar-refractivity contribution in [2.75, 3.05) is 55.6 Å². The maximum Gasteiger partial charge on any atom is 0.245 e. The number of rotatable bonds is 4. The molecule has 0 bridgehead atoms. The van der Waals surface area contributed by atoms with Crippen molar-refractivity contribution < 1.29 is 0 Å². The van der Waals surface area contributed by atoms with Crippen LogP contribution in [0.4, 0.5) is 11.8 Å². The maximum atomic E-state index is 4.47. The van der Waals surface area contributed by atoms with Gasteiger partial charge in [0.2, 0.25) is 5.95 Å². The predicted molar refractivity (Wildman–Crippen MR) is 96.6 cm³/mol. The third-order valence-electron chi connectivity index (χ3n) is 5.26. The van der Waals surface area contributed by atoms with Crippen LogP contribution in [0.3, 0.4) is 0 Å². The van der Waals surface area contributed by atoms with Crippen molar-refractivity contribution in [2.24, 2.45) is 13.0 Å². The van der Waals surface area contributed by atoms with E-state index in [-0.39, 0.29) is 0 Å². The number of nitrogens with zero attached hydrogens (tertiary/aromatic N) is 8. The lowest BCUT2D eigenvalue weighted by Gasteiger charge is -2.39. The van der Waals surface area contributed by atoms with Crippen molar-refractivity contribution in [1.82, 2.24) is 30.1 Å². The molecule has 1 unspecified atom stereocenters. The Kier molecular flexibility index (Phi) is 4.78. The van der Waals surface area contributed by atoms with Gasteiger partial charge in [0.1, 0.15) is 5.82 Å². The largest absolute Gasteiger partial charge is 0.354 e. The van der Waals surface area contributed by atoms with Crippen LogP contribution in [0.25, 0.3) is 0 Å². The summed E-state index contributed by atoms with van der Waals surface area (Å²) in [7, 11) is 1.91. The number of anilines is 2. The number of tetrazole rings is 1. The molecule has 0 aliphatic carbocycles. The van der Waals surface area contributed by atoms with Crippen molar-refractivity contribution >= 4 is 11.8 Å². The summed E-state index contributed by atoms with van der Waals surface area (Å²) in [6.45, 7) is 7.60. The molecule has 0 radical (unpaired) electrons. The third-order valence-corrected chi connectivity index (χ3v) is 5.26. The molecule has 2 aromatic rings. The van der Waals surface area contributed by atoms with Crippen LogP contribution in [-0.2, 0) is 7.05 Å². The fourth-order valence-electron chi connectivity index (χ4n) is 3.95. The maximum absolute atomic E-state index is 4.47. The highest BCUT2D eigenvalue weighted by molar-refractivity contribution is 5.38. The number of hydrogen-bond acceptors (Lipinski definition) is 7. The second-order valence-corrected chi connectivity index (χ2v) is 7.03. The van der Waals surface area contributed by atoms with Crippen molar-refractivity contribution in [3.8, 4) is 0 Å². The zero-order chi connectivity index (χ0) is 17.1. The van der Waals surface area contributed by atoms with Crippen LogP contribution < -0.4 is 9.80 Å². The molecule has 25 heavy (non-hydrogen) atoms. The smallest absolute Gasteiger partial charge is 0.245 e. The molecule has 8 nitrogen and oxygen atoms in total. The van der Waals surface area contributed by atoms with Crippen LogP contribution in [0.15, 0.2) is 24.4 Å². The summed E-state index contributed by atoms with van der Waals surface area (Å²) in [6.07, 6.45) is 4.38. The minimum absolute atomic E-state index is 0.687. The van der Waals surface area contributed by atoms with Gasteiger partial charge in [-0.25, -0.2) is 9.67 Å². The van der Waals surface area contributed by atoms with E-state index in [0.717, 1.165) is 57.6 Å². The molecular formula is C17H26N8. The monoisotopic (exact) mass is 342 g/mol. The molecule has 134 valence electrons. The van der Waals surface area contributed by atoms with E-state index in [4.69, 9.17) is 0 Å². The van der Waals surface area contributed by atoms with Gasteiger partial charge < -0.3 is 9.80 Å². The molecule has 8 heteroatoms. The SMILES string of the molecule is Cn1nnnc1N1CCCC(CN2CCN(c3ccccn3)CC2)C1. The number of aromatic nitrogens is 5. The summed E-state index contributed by atoms with van der Waals surface area (Å²) < 4.78 is 1.77. The Bertz CT molecular complexity index is 664. The Morgan fingerprint density at radius 2 is 1.96 bits per heavy atom. The summed E-state index contributed by atoms with van der Waals surface area (Å²) in [5.74, 6) is 2.68. The quantitative estimate of drug-likeness (QED) is 0.808. The van der Waals surface area contributed by atoms with Crippen LogP contribution in [0.2, 0.25) is 0 Å². The normalized spacial score (nSPS) is 22.4. The first-order valence-corrected chi connectivity index (χ1v) is 9.15. The van der Waals surface area contributed by atoms with Crippen LogP contribution in [-0.4, -0.2) is 75.9 Å². The minimum atomic E-state index is 0.687. The lowest BCUT2D eigenvalue weighted by molar-refractivity contribution is 0.204. The Hall–Kier alpha value is -2.22. The fraction of sp³-hybridized carbons (Fsp3) is 0.647. The first-order chi connectivity index (χ1) is 12.3. The lowest BCUT2D eigenvalue weighted by Crippen LogP contribution is -2.50. The summed E-state index contributed by atoms with van der Waals surface area (Å²) in [4.78, 5) is 11.8. The van der Waals surface area contributed by atoms with Gasteiger partial charge in [-0.2, -0.15) is 0 Å². The number of piperazine rings is 1. The molecular weight excluding hydrogens is 316 g/mol. The van der Waals surface area contributed by atoms with E-state index in [9.17, 15) is 0 Å². The highest BCUT2D eigenvalue weighted by Crippen LogP contribution is 2.22. The predicted octanol–water partition coefficient (Wildman–Crippen LogP) is 0.644. The topological polar surface area (TPSA) is 66.2 Å². The first-order valence-electron chi connectivity index (χ1n) is 9.15. The third kappa shape index (κ3) is 3.73. The van der Waals surface area contributed by atoms with E-state index in [2.05, 4.69) is 47.3 Å². The highest BCUT2D eigenvalue weighted by Gasteiger charge is 2.26. The zero-order valence-corrected chi connectivity index (χ0v) is 14.8. The van der Waals surface area contributed by atoms with E-state index in [1.807, 2.05) is 19.3 Å². The van der Waals surface area contributed by atoms with Gasteiger partial charge in [-0.3, -0.25) is 4.90 Å². The van der Waals surface area contributed by atoms with E-state index in [1.165, 1.54) is 12.8 Å². The van der Waals surface area contributed by atoms with Crippen molar-refractivity contribution in [2.45, 2.75) is 12.8 Å². The number of hydrogen-bond donors (Lipinski definition) is 0. The van der Waals surface area contributed by atoms with Gasteiger partial charge in [0.25, 0.3) is 0 Å².